The molecule has 0 aliphatic carbocycles. The van der Waals surface area contributed by atoms with Crippen molar-refractivity contribution in [2.75, 3.05) is 6.61 Å². The van der Waals surface area contributed by atoms with E-state index < -0.39 is 5.97 Å². The molecule has 5 nitrogen and oxygen atoms in total. The van der Waals surface area contributed by atoms with Crippen LogP contribution in [0.5, 0.6) is 0 Å². The Labute approximate surface area is 117 Å². The van der Waals surface area contributed by atoms with E-state index in [1.54, 1.807) is 31.5 Å². The fraction of sp³-hybridized carbons (Fsp3) is 0.400. The van der Waals surface area contributed by atoms with Gasteiger partial charge >= 0.3 is 5.97 Å². The average Bonchev–Trinajstić information content (AvgIpc) is 2.42. The van der Waals surface area contributed by atoms with Gasteiger partial charge in [-0.05, 0) is 25.0 Å². The smallest absolute Gasteiger partial charge is 0.343 e. The van der Waals surface area contributed by atoms with Crippen molar-refractivity contribution in [3.05, 3.63) is 40.3 Å². The van der Waals surface area contributed by atoms with Crippen LogP contribution < -0.4 is 5.43 Å². The molecular weight excluding hydrogens is 256 g/mol. The molecule has 0 N–H and O–H groups in total. The normalized spacial score (nSPS) is 11.0. The lowest BCUT2D eigenvalue weighted by Crippen LogP contribution is -2.22. The number of pyridine rings is 2. The third kappa shape index (κ3) is 2.71. The number of rotatable bonds is 4. The van der Waals surface area contributed by atoms with Gasteiger partial charge < -0.3 is 9.30 Å². The maximum Gasteiger partial charge on any atom is 0.343 e. The summed E-state index contributed by atoms with van der Waals surface area (Å²) >= 11 is 0. The molecule has 0 unspecified atom stereocenters. The quantitative estimate of drug-likeness (QED) is 0.802. The Bertz CT molecular complexity index is 689. The monoisotopic (exact) mass is 274 g/mol. The number of carbonyl (C=O) groups excluding carboxylic acids is 1. The molecule has 0 fully saturated rings. The lowest BCUT2D eigenvalue weighted by atomic mass is 10.1. The zero-order valence-electron chi connectivity index (χ0n) is 11.9. The van der Waals surface area contributed by atoms with Crippen molar-refractivity contribution in [1.29, 1.82) is 0 Å². The Morgan fingerprint density at radius 3 is 2.85 bits per heavy atom. The summed E-state index contributed by atoms with van der Waals surface area (Å²) in [5, 5.41) is 0.443. The Kier molecular flexibility index (Phi) is 4.17. The Morgan fingerprint density at radius 1 is 1.45 bits per heavy atom. The van der Waals surface area contributed by atoms with E-state index >= 15 is 0 Å². The highest BCUT2D eigenvalue weighted by Gasteiger charge is 2.17. The number of hydrogen-bond donors (Lipinski definition) is 0. The molecule has 5 heteroatoms. The molecule has 0 radical (unpaired) electrons. The lowest BCUT2D eigenvalue weighted by molar-refractivity contribution is 0.0524. The summed E-state index contributed by atoms with van der Waals surface area (Å²) < 4.78 is 6.79. The van der Waals surface area contributed by atoms with Crippen LogP contribution in [-0.2, 0) is 11.3 Å². The molecule has 0 saturated heterocycles. The molecule has 0 spiro atoms. The van der Waals surface area contributed by atoms with Gasteiger partial charge in [0.2, 0.25) is 5.43 Å². The van der Waals surface area contributed by atoms with Gasteiger partial charge in [0.15, 0.2) is 0 Å². The summed E-state index contributed by atoms with van der Waals surface area (Å²) in [5.74, 6) is -0.210. The van der Waals surface area contributed by atoms with Crippen LogP contribution in [0.4, 0.5) is 0 Å². The molecule has 20 heavy (non-hydrogen) atoms. The summed E-state index contributed by atoms with van der Waals surface area (Å²) in [6.45, 7) is 6.77. The topological polar surface area (TPSA) is 61.2 Å². The van der Waals surface area contributed by atoms with Crippen molar-refractivity contribution in [2.45, 2.75) is 27.3 Å². The number of esters is 1. The Hall–Kier alpha value is -2.17. The summed E-state index contributed by atoms with van der Waals surface area (Å²) in [6, 6.07) is 3.38. The van der Waals surface area contributed by atoms with Gasteiger partial charge in [0.1, 0.15) is 11.2 Å². The maximum atomic E-state index is 12.3. The first kappa shape index (κ1) is 14.2. The van der Waals surface area contributed by atoms with Crippen LogP contribution in [0.1, 0.15) is 31.1 Å². The van der Waals surface area contributed by atoms with Crippen LogP contribution in [0.2, 0.25) is 0 Å². The largest absolute Gasteiger partial charge is 0.462 e. The van der Waals surface area contributed by atoms with Gasteiger partial charge in [-0.25, -0.2) is 9.78 Å². The third-order valence-corrected chi connectivity index (χ3v) is 2.89. The van der Waals surface area contributed by atoms with E-state index in [4.69, 9.17) is 4.74 Å². The second-order valence-electron chi connectivity index (χ2n) is 5.01. The van der Waals surface area contributed by atoms with Crippen molar-refractivity contribution in [1.82, 2.24) is 9.55 Å². The van der Waals surface area contributed by atoms with E-state index in [1.807, 2.05) is 4.57 Å². The number of aromatic nitrogens is 2. The summed E-state index contributed by atoms with van der Waals surface area (Å²) in [5.41, 5.74) is 0.332. The fourth-order valence-electron chi connectivity index (χ4n) is 2.11. The summed E-state index contributed by atoms with van der Waals surface area (Å²) in [4.78, 5) is 28.5. The van der Waals surface area contributed by atoms with Crippen LogP contribution in [0.3, 0.4) is 0 Å². The number of hydrogen-bond acceptors (Lipinski definition) is 4. The van der Waals surface area contributed by atoms with Gasteiger partial charge in [0, 0.05) is 18.9 Å². The predicted molar refractivity (Wildman–Crippen MR) is 76.8 cm³/mol. The van der Waals surface area contributed by atoms with Crippen molar-refractivity contribution in [3.8, 4) is 0 Å². The molecule has 2 heterocycles. The van der Waals surface area contributed by atoms with Crippen molar-refractivity contribution in [3.63, 3.8) is 0 Å². The maximum absolute atomic E-state index is 12.3. The van der Waals surface area contributed by atoms with Crippen LogP contribution in [0.25, 0.3) is 11.0 Å². The molecule has 0 saturated carbocycles. The highest BCUT2D eigenvalue weighted by molar-refractivity contribution is 5.92. The van der Waals surface area contributed by atoms with Crippen LogP contribution in [0, 0.1) is 5.92 Å². The van der Waals surface area contributed by atoms with E-state index in [0.29, 0.717) is 23.5 Å². The van der Waals surface area contributed by atoms with Gasteiger partial charge in [0.25, 0.3) is 0 Å². The van der Waals surface area contributed by atoms with Crippen molar-refractivity contribution >= 4 is 17.0 Å². The minimum absolute atomic E-state index is 0.0630. The second kappa shape index (κ2) is 5.86. The van der Waals surface area contributed by atoms with Gasteiger partial charge in [0.05, 0.1) is 12.0 Å². The third-order valence-electron chi connectivity index (χ3n) is 2.89. The molecule has 0 atom stereocenters. The van der Waals surface area contributed by atoms with E-state index in [2.05, 4.69) is 18.8 Å². The first-order valence-electron chi connectivity index (χ1n) is 6.69. The van der Waals surface area contributed by atoms with Gasteiger partial charge in [-0.2, -0.15) is 0 Å². The summed E-state index contributed by atoms with van der Waals surface area (Å²) in [6.07, 6.45) is 3.19. The molecule has 0 aromatic carbocycles. The molecule has 106 valence electrons. The highest BCUT2D eigenvalue weighted by atomic mass is 16.5. The molecule has 0 bridgehead atoms. The SMILES string of the molecule is CCOC(=O)c1cn(CC(C)C)c2ncccc2c1=O. The van der Waals surface area contributed by atoms with Crippen molar-refractivity contribution < 1.29 is 9.53 Å². The van der Waals surface area contributed by atoms with E-state index in [9.17, 15) is 9.59 Å². The highest BCUT2D eigenvalue weighted by Crippen LogP contribution is 2.12. The average molecular weight is 274 g/mol. The van der Waals surface area contributed by atoms with E-state index in [1.165, 1.54) is 0 Å². The van der Waals surface area contributed by atoms with E-state index in [0.717, 1.165) is 0 Å². The zero-order chi connectivity index (χ0) is 14.7. The standard InChI is InChI=1S/C15H18N2O3/c1-4-20-15(19)12-9-17(8-10(2)3)14-11(13(12)18)6-5-7-16-14/h5-7,9-10H,4,8H2,1-3H3. The molecule has 2 rings (SSSR count). The molecular formula is C15H18N2O3. The predicted octanol–water partition coefficient (Wildman–Crippen LogP) is 2.23. The lowest BCUT2D eigenvalue weighted by Gasteiger charge is -2.14. The number of nitrogens with zero attached hydrogens (tertiary/aromatic N) is 2. The Morgan fingerprint density at radius 2 is 2.20 bits per heavy atom. The van der Waals surface area contributed by atoms with Crippen LogP contribution in [-0.4, -0.2) is 22.1 Å². The first-order valence-corrected chi connectivity index (χ1v) is 6.69. The fourth-order valence-corrected chi connectivity index (χ4v) is 2.11. The summed E-state index contributed by atoms with van der Waals surface area (Å²) in [7, 11) is 0. The van der Waals surface area contributed by atoms with Crippen LogP contribution in [0.15, 0.2) is 29.3 Å². The number of carbonyl (C=O) groups is 1. The molecule has 2 aromatic heterocycles. The Balaban J connectivity index is 2.68. The first-order chi connectivity index (χ1) is 9.54. The zero-order valence-corrected chi connectivity index (χ0v) is 11.9. The van der Waals surface area contributed by atoms with Crippen molar-refractivity contribution in [2.24, 2.45) is 5.92 Å². The van der Waals surface area contributed by atoms with Gasteiger partial charge in [-0.3, -0.25) is 4.79 Å². The van der Waals surface area contributed by atoms with Gasteiger partial charge in [-0.1, -0.05) is 13.8 Å². The minimum atomic E-state index is -0.583. The molecule has 2 aromatic rings. The minimum Gasteiger partial charge on any atom is -0.462 e. The number of fused-ring (bicyclic) bond motifs is 1. The molecule has 0 amide bonds. The second-order valence-corrected chi connectivity index (χ2v) is 5.01. The van der Waals surface area contributed by atoms with Gasteiger partial charge in [-0.15, -0.1) is 0 Å². The molecule has 0 aliphatic rings. The molecule has 0 aliphatic heterocycles. The van der Waals surface area contributed by atoms with E-state index in [-0.39, 0.29) is 17.6 Å². The van der Waals surface area contributed by atoms with Crippen LogP contribution >= 0.6 is 0 Å². The number of ether oxygens (including phenoxy) is 1.